The molecule has 1 saturated heterocycles. The predicted molar refractivity (Wildman–Crippen MR) is 79.0 cm³/mol. The van der Waals surface area contributed by atoms with Crippen molar-refractivity contribution in [2.45, 2.75) is 18.9 Å². The number of hydrogen-bond acceptors (Lipinski definition) is 5. The zero-order valence-electron chi connectivity index (χ0n) is 11.2. The Kier molecular flexibility index (Phi) is 5.03. The van der Waals surface area contributed by atoms with Gasteiger partial charge in [0.25, 0.3) is 5.91 Å². The summed E-state index contributed by atoms with van der Waals surface area (Å²) in [6.45, 7) is 0.764. The first kappa shape index (κ1) is 16.4. The largest absolute Gasteiger partial charge is 0.349 e. The molecule has 116 valence electrons. The molecule has 1 aromatic rings. The highest BCUT2D eigenvalue weighted by Gasteiger charge is 2.26. The molecule has 0 saturated carbocycles. The standard InChI is InChI=1S/C11H14Cl2N4O3S/c1-21(19,20)17-4-2-7(3-5-17)14-11(18)8-6-9(12)15-16-10(8)13/h6-7H,2-5H2,1H3,(H,14,18). The summed E-state index contributed by atoms with van der Waals surface area (Å²) in [7, 11) is -3.18. The van der Waals surface area contributed by atoms with E-state index in [9.17, 15) is 13.2 Å². The molecule has 1 fully saturated rings. The van der Waals surface area contributed by atoms with Gasteiger partial charge in [0.2, 0.25) is 10.0 Å². The Hall–Kier alpha value is -0.960. The van der Waals surface area contributed by atoms with Gasteiger partial charge < -0.3 is 5.32 Å². The van der Waals surface area contributed by atoms with E-state index in [0.29, 0.717) is 25.9 Å². The Morgan fingerprint density at radius 1 is 1.33 bits per heavy atom. The highest BCUT2D eigenvalue weighted by molar-refractivity contribution is 7.88. The quantitative estimate of drug-likeness (QED) is 0.873. The van der Waals surface area contributed by atoms with Gasteiger partial charge in [-0.2, -0.15) is 0 Å². The molecule has 0 atom stereocenters. The number of piperidine rings is 1. The van der Waals surface area contributed by atoms with Crippen LogP contribution in [0.1, 0.15) is 23.2 Å². The molecule has 0 radical (unpaired) electrons. The molecule has 0 unspecified atom stereocenters. The molecular formula is C11H14Cl2N4O3S. The highest BCUT2D eigenvalue weighted by Crippen LogP contribution is 2.17. The fourth-order valence-electron chi connectivity index (χ4n) is 2.11. The van der Waals surface area contributed by atoms with Gasteiger partial charge in [-0.05, 0) is 18.9 Å². The molecule has 2 heterocycles. The number of nitrogens with one attached hydrogen (secondary N) is 1. The minimum atomic E-state index is -3.18. The molecule has 1 aliphatic heterocycles. The molecule has 21 heavy (non-hydrogen) atoms. The second-order valence-electron chi connectivity index (χ2n) is 4.78. The molecule has 0 spiro atoms. The van der Waals surface area contributed by atoms with Crippen molar-refractivity contribution in [2.75, 3.05) is 19.3 Å². The second kappa shape index (κ2) is 6.43. The SMILES string of the molecule is CS(=O)(=O)N1CCC(NC(=O)c2cc(Cl)nnc2Cl)CC1. The minimum Gasteiger partial charge on any atom is -0.349 e. The number of nitrogens with zero attached hydrogens (tertiary/aromatic N) is 3. The topological polar surface area (TPSA) is 92.3 Å². The minimum absolute atomic E-state index is 0.0227. The number of carbonyl (C=O) groups excluding carboxylic acids is 1. The molecule has 0 aromatic carbocycles. The van der Waals surface area contributed by atoms with Crippen LogP contribution in [0.25, 0.3) is 0 Å². The molecule has 0 aliphatic carbocycles. The van der Waals surface area contributed by atoms with Crippen LogP contribution in [0.15, 0.2) is 6.07 Å². The van der Waals surface area contributed by atoms with Gasteiger partial charge in [-0.3, -0.25) is 4.79 Å². The van der Waals surface area contributed by atoms with Crippen molar-refractivity contribution in [3.63, 3.8) is 0 Å². The van der Waals surface area contributed by atoms with Gasteiger partial charge in [-0.15, -0.1) is 10.2 Å². The third-order valence-electron chi connectivity index (χ3n) is 3.22. The van der Waals surface area contributed by atoms with E-state index in [1.165, 1.54) is 16.6 Å². The third kappa shape index (κ3) is 4.26. The van der Waals surface area contributed by atoms with Crippen LogP contribution in [-0.4, -0.2) is 54.2 Å². The van der Waals surface area contributed by atoms with Gasteiger partial charge in [0.15, 0.2) is 10.3 Å². The monoisotopic (exact) mass is 352 g/mol. The average molecular weight is 353 g/mol. The lowest BCUT2D eigenvalue weighted by molar-refractivity contribution is 0.0923. The summed E-state index contributed by atoms with van der Waals surface area (Å²) in [6.07, 6.45) is 2.27. The van der Waals surface area contributed by atoms with Crippen molar-refractivity contribution < 1.29 is 13.2 Å². The van der Waals surface area contributed by atoms with Crippen LogP contribution in [0.3, 0.4) is 0 Å². The first-order valence-electron chi connectivity index (χ1n) is 6.22. The van der Waals surface area contributed by atoms with E-state index in [2.05, 4.69) is 15.5 Å². The number of sulfonamides is 1. The molecule has 1 N–H and O–H groups in total. The van der Waals surface area contributed by atoms with Crippen molar-refractivity contribution in [3.8, 4) is 0 Å². The second-order valence-corrected chi connectivity index (χ2v) is 7.51. The van der Waals surface area contributed by atoms with Crippen molar-refractivity contribution >= 4 is 39.1 Å². The Bertz CT molecular complexity index is 645. The van der Waals surface area contributed by atoms with Crippen molar-refractivity contribution in [2.24, 2.45) is 0 Å². The maximum Gasteiger partial charge on any atom is 0.254 e. The Balaban J connectivity index is 1.97. The smallest absolute Gasteiger partial charge is 0.254 e. The summed E-state index contributed by atoms with van der Waals surface area (Å²) in [4.78, 5) is 12.1. The zero-order chi connectivity index (χ0) is 15.6. The van der Waals surface area contributed by atoms with Gasteiger partial charge in [0, 0.05) is 19.1 Å². The summed E-state index contributed by atoms with van der Waals surface area (Å²) in [5.74, 6) is -0.394. The summed E-state index contributed by atoms with van der Waals surface area (Å²) in [5.41, 5.74) is 0.155. The van der Waals surface area contributed by atoms with Crippen molar-refractivity contribution in [3.05, 3.63) is 21.9 Å². The van der Waals surface area contributed by atoms with Crippen LogP contribution in [0.2, 0.25) is 10.3 Å². The van der Waals surface area contributed by atoms with Crippen molar-refractivity contribution in [1.82, 2.24) is 19.8 Å². The lowest BCUT2D eigenvalue weighted by Crippen LogP contribution is -2.46. The summed E-state index contributed by atoms with van der Waals surface area (Å²) >= 11 is 11.5. The van der Waals surface area contributed by atoms with Crippen LogP contribution in [0.5, 0.6) is 0 Å². The van der Waals surface area contributed by atoms with Crippen LogP contribution in [0, 0.1) is 0 Å². The maximum atomic E-state index is 12.1. The molecule has 1 amide bonds. The van der Waals surface area contributed by atoms with E-state index in [4.69, 9.17) is 23.2 Å². The van der Waals surface area contributed by atoms with E-state index < -0.39 is 15.9 Å². The normalized spacial score (nSPS) is 17.7. The summed E-state index contributed by atoms with van der Waals surface area (Å²) < 4.78 is 24.2. The van der Waals surface area contributed by atoms with Gasteiger partial charge >= 0.3 is 0 Å². The van der Waals surface area contributed by atoms with E-state index in [-0.39, 0.29) is 21.9 Å². The zero-order valence-corrected chi connectivity index (χ0v) is 13.5. The van der Waals surface area contributed by atoms with Crippen LogP contribution in [0.4, 0.5) is 0 Å². The predicted octanol–water partition coefficient (Wildman–Crippen LogP) is 0.937. The fourth-order valence-corrected chi connectivity index (χ4v) is 3.31. The van der Waals surface area contributed by atoms with Gasteiger partial charge in [-0.25, -0.2) is 12.7 Å². The lowest BCUT2D eigenvalue weighted by atomic mass is 10.1. The van der Waals surface area contributed by atoms with Gasteiger partial charge in [-0.1, -0.05) is 23.2 Å². The summed E-state index contributed by atoms with van der Waals surface area (Å²) in [5, 5.41) is 9.97. The molecule has 0 bridgehead atoms. The molecule has 1 aromatic heterocycles. The number of carbonyl (C=O) groups is 1. The molecule has 1 aliphatic rings. The number of aromatic nitrogens is 2. The van der Waals surface area contributed by atoms with Gasteiger partial charge in [0.05, 0.1) is 11.8 Å². The van der Waals surface area contributed by atoms with E-state index >= 15 is 0 Å². The van der Waals surface area contributed by atoms with E-state index in [1.807, 2.05) is 0 Å². The van der Waals surface area contributed by atoms with Crippen LogP contribution in [-0.2, 0) is 10.0 Å². The fraction of sp³-hybridized carbons (Fsp3) is 0.545. The van der Waals surface area contributed by atoms with E-state index in [1.54, 1.807) is 0 Å². The molecule has 10 heteroatoms. The Labute approximate surface area is 132 Å². The van der Waals surface area contributed by atoms with Crippen molar-refractivity contribution in [1.29, 1.82) is 0 Å². The first-order valence-corrected chi connectivity index (χ1v) is 8.82. The number of amides is 1. The van der Waals surface area contributed by atoms with Gasteiger partial charge in [0.1, 0.15) is 0 Å². The van der Waals surface area contributed by atoms with Crippen LogP contribution >= 0.6 is 23.2 Å². The Morgan fingerprint density at radius 2 is 1.95 bits per heavy atom. The van der Waals surface area contributed by atoms with Crippen LogP contribution < -0.4 is 5.32 Å². The third-order valence-corrected chi connectivity index (χ3v) is 4.99. The highest BCUT2D eigenvalue weighted by atomic mass is 35.5. The summed E-state index contributed by atoms with van der Waals surface area (Å²) in [6, 6.07) is 1.23. The Morgan fingerprint density at radius 3 is 2.52 bits per heavy atom. The number of halogens is 2. The maximum absolute atomic E-state index is 12.1. The lowest BCUT2D eigenvalue weighted by Gasteiger charge is -2.30. The number of rotatable bonds is 3. The molecule has 7 nitrogen and oxygen atoms in total. The average Bonchev–Trinajstić information content (AvgIpc) is 2.41. The number of hydrogen-bond donors (Lipinski definition) is 1. The molecular weight excluding hydrogens is 339 g/mol. The molecule has 2 rings (SSSR count). The van der Waals surface area contributed by atoms with E-state index in [0.717, 1.165) is 0 Å². The first-order chi connectivity index (χ1) is 9.77.